The van der Waals surface area contributed by atoms with Crippen LogP contribution in [0.5, 0.6) is 5.75 Å². The molecule has 5 nitrogen and oxygen atoms in total. The monoisotopic (exact) mass is 318 g/mol. The summed E-state index contributed by atoms with van der Waals surface area (Å²) >= 11 is 0. The predicted octanol–water partition coefficient (Wildman–Crippen LogP) is 2.61. The smallest absolute Gasteiger partial charge is 0.184 e. The van der Waals surface area contributed by atoms with Crippen molar-refractivity contribution in [1.29, 1.82) is 0 Å². The summed E-state index contributed by atoms with van der Waals surface area (Å²) in [7, 11) is 1.66. The van der Waals surface area contributed by atoms with E-state index in [4.69, 9.17) is 23.7 Å². The van der Waals surface area contributed by atoms with Gasteiger partial charge in [0.15, 0.2) is 6.29 Å². The molecule has 3 heterocycles. The predicted molar refractivity (Wildman–Crippen MR) is 83.3 cm³/mol. The molecule has 0 N–H and O–H groups in total. The average Bonchev–Trinajstić information content (AvgIpc) is 2.84. The lowest BCUT2D eigenvalue weighted by Crippen LogP contribution is -2.53. The van der Waals surface area contributed by atoms with Crippen LogP contribution in [0.25, 0.3) is 0 Å². The van der Waals surface area contributed by atoms with Crippen LogP contribution >= 0.6 is 0 Å². The second kappa shape index (κ2) is 6.61. The lowest BCUT2D eigenvalue weighted by Gasteiger charge is -2.44. The number of fused-ring (bicyclic) bond motifs is 2. The van der Waals surface area contributed by atoms with Crippen molar-refractivity contribution >= 4 is 0 Å². The van der Waals surface area contributed by atoms with Crippen LogP contribution in [0, 0.1) is 0 Å². The topological polar surface area (TPSA) is 46.2 Å². The van der Waals surface area contributed by atoms with Crippen molar-refractivity contribution in [3.8, 4) is 5.75 Å². The van der Waals surface area contributed by atoms with Gasteiger partial charge in [-0.15, -0.1) is 0 Å². The molecule has 5 atom stereocenters. The molecule has 3 aliphatic rings. The molecule has 2 saturated heterocycles. The maximum Gasteiger partial charge on any atom is 0.184 e. The third-order valence-electron chi connectivity index (χ3n) is 4.68. The molecule has 1 aromatic rings. The van der Waals surface area contributed by atoms with Crippen molar-refractivity contribution in [3.63, 3.8) is 0 Å². The molecular formula is C18H22O5. The Balaban J connectivity index is 1.44. The number of hydrogen-bond acceptors (Lipinski definition) is 5. The van der Waals surface area contributed by atoms with Crippen LogP contribution < -0.4 is 4.74 Å². The highest BCUT2D eigenvalue weighted by Gasteiger charge is 2.43. The maximum atomic E-state index is 6.15. The van der Waals surface area contributed by atoms with E-state index in [0.29, 0.717) is 13.2 Å². The minimum absolute atomic E-state index is 0.00945. The van der Waals surface area contributed by atoms with E-state index < -0.39 is 0 Å². The summed E-state index contributed by atoms with van der Waals surface area (Å²) in [4.78, 5) is 0. The van der Waals surface area contributed by atoms with Crippen LogP contribution in [-0.2, 0) is 18.9 Å². The summed E-state index contributed by atoms with van der Waals surface area (Å²) in [6.07, 6.45) is 5.80. The first kappa shape index (κ1) is 15.1. The standard InChI is InChI=1S/C18H22O5/c1-19-13-7-5-12(6-8-13)18-21-11-17-16(23-18)10-15-14(22-17)4-2-3-9-20-15/h2-3,5-8,14-18H,4,9-11H2,1H3/t14-,15+,16-,17+,18+/m0/s1. The Kier molecular flexibility index (Phi) is 4.35. The molecule has 0 amide bonds. The molecule has 124 valence electrons. The van der Waals surface area contributed by atoms with E-state index in [1.165, 1.54) is 0 Å². The Morgan fingerprint density at radius 1 is 0.913 bits per heavy atom. The van der Waals surface area contributed by atoms with Crippen molar-refractivity contribution in [2.45, 2.75) is 43.5 Å². The van der Waals surface area contributed by atoms with E-state index >= 15 is 0 Å². The number of benzene rings is 1. The molecule has 0 unspecified atom stereocenters. The average molecular weight is 318 g/mol. The van der Waals surface area contributed by atoms with Crippen LogP contribution in [-0.4, -0.2) is 44.7 Å². The fourth-order valence-electron chi connectivity index (χ4n) is 3.40. The van der Waals surface area contributed by atoms with Gasteiger partial charge in [0.2, 0.25) is 0 Å². The first-order valence-corrected chi connectivity index (χ1v) is 8.16. The van der Waals surface area contributed by atoms with Gasteiger partial charge in [-0.05, 0) is 18.6 Å². The summed E-state index contributed by atoms with van der Waals surface area (Å²) in [5.74, 6) is 0.825. The molecule has 5 heteroatoms. The van der Waals surface area contributed by atoms with E-state index in [0.717, 1.165) is 24.2 Å². The van der Waals surface area contributed by atoms with Crippen LogP contribution in [0.2, 0.25) is 0 Å². The minimum Gasteiger partial charge on any atom is -0.497 e. The van der Waals surface area contributed by atoms with Gasteiger partial charge < -0.3 is 23.7 Å². The van der Waals surface area contributed by atoms with Crippen LogP contribution in [0.4, 0.5) is 0 Å². The van der Waals surface area contributed by atoms with Gasteiger partial charge in [-0.2, -0.15) is 0 Å². The Hall–Kier alpha value is -1.40. The van der Waals surface area contributed by atoms with Crippen molar-refractivity contribution in [1.82, 2.24) is 0 Å². The zero-order valence-corrected chi connectivity index (χ0v) is 13.2. The second-order valence-corrected chi connectivity index (χ2v) is 6.14. The summed E-state index contributed by atoms with van der Waals surface area (Å²) in [5, 5.41) is 0. The van der Waals surface area contributed by atoms with Crippen LogP contribution in [0.1, 0.15) is 24.7 Å². The first-order chi connectivity index (χ1) is 11.3. The van der Waals surface area contributed by atoms with E-state index in [1.54, 1.807) is 7.11 Å². The lowest BCUT2D eigenvalue weighted by molar-refractivity contribution is -0.303. The summed E-state index contributed by atoms with van der Waals surface area (Å²) in [5.41, 5.74) is 0.995. The number of methoxy groups -OCH3 is 1. The van der Waals surface area contributed by atoms with Gasteiger partial charge in [0.25, 0.3) is 0 Å². The van der Waals surface area contributed by atoms with Crippen LogP contribution in [0.3, 0.4) is 0 Å². The molecule has 0 bridgehead atoms. The quantitative estimate of drug-likeness (QED) is 0.785. The maximum absolute atomic E-state index is 6.15. The van der Waals surface area contributed by atoms with Gasteiger partial charge in [-0.3, -0.25) is 0 Å². The molecule has 3 aliphatic heterocycles. The third kappa shape index (κ3) is 3.15. The summed E-state index contributed by atoms with van der Waals surface area (Å²) < 4.78 is 29.2. The molecule has 2 fully saturated rings. The molecular weight excluding hydrogens is 296 g/mol. The summed E-state index contributed by atoms with van der Waals surface area (Å²) in [6, 6.07) is 7.79. The van der Waals surface area contributed by atoms with Crippen molar-refractivity contribution in [3.05, 3.63) is 42.0 Å². The molecule has 0 spiro atoms. The summed E-state index contributed by atoms with van der Waals surface area (Å²) in [6.45, 7) is 1.20. The van der Waals surface area contributed by atoms with Crippen molar-refractivity contribution < 1.29 is 23.7 Å². The van der Waals surface area contributed by atoms with Crippen molar-refractivity contribution in [2.75, 3.05) is 20.3 Å². The van der Waals surface area contributed by atoms with E-state index in [-0.39, 0.29) is 30.7 Å². The zero-order valence-electron chi connectivity index (χ0n) is 13.2. The number of ether oxygens (including phenoxy) is 5. The van der Waals surface area contributed by atoms with Gasteiger partial charge >= 0.3 is 0 Å². The molecule has 0 aliphatic carbocycles. The largest absolute Gasteiger partial charge is 0.497 e. The highest BCUT2D eigenvalue weighted by Crippen LogP contribution is 2.36. The third-order valence-corrected chi connectivity index (χ3v) is 4.68. The highest BCUT2D eigenvalue weighted by molar-refractivity contribution is 5.28. The SMILES string of the molecule is COc1ccc([C@@H]2OC[C@H]3O[C@H]4CC=CCO[C@@H]4C[C@@H]3O2)cc1. The van der Waals surface area contributed by atoms with Gasteiger partial charge in [0.1, 0.15) is 11.9 Å². The van der Waals surface area contributed by atoms with E-state index in [2.05, 4.69) is 12.2 Å². The van der Waals surface area contributed by atoms with Gasteiger partial charge in [0.05, 0.1) is 38.6 Å². The highest BCUT2D eigenvalue weighted by atomic mass is 16.7. The van der Waals surface area contributed by atoms with E-state index in [9.17, 15) is 0 Å². The number of hydrogen-bond donors (Lipinski definition) is 0. The molecule has 0 aromatic heterocycles. The van der Waals surface area contributed by atoms with E-state index in [1.807, 2.05) is 24.3 Å². The fourth-order valence-corrected chi connectivity index (χ4v) is 3.40. The molecule has 4 rings (SSSR count). The minimum atomic E-state index is -0.355. The van der Waals surface area contributed by atoms with Crippen molar-refractivity contribution in [2.24, 2.45) is 0 Å². The fraction of sp³-hybridized carbons (Fsp3) is 0.556. The van der Waals surface area contributed by atoms with Crippen LogP contribution in [0.15, 0.2) is 36.4 Å². The van der Waals surface area contributed by atoms with Gasteiger partial charge in [-0.25, -0.2) is 0 Å². The molecule has 23 heavy (non-hydrogen) atoms. The normalized spacial score (nSPS) is 36.7. The molecule has 0 saturated carbocycles. The molecule has 0 radical (unpaired) electrons. The Morgan fingerprint density at radius 3 is 2.61 bits per heavy atom. The Bertz CT molecular complexity index is 555. The first-order valence-electron chi connectivity index (χ1n) is 8.16. The molecule has 1 aromatic carbocycles. The Morgan fingerprint density at radius 2 is 1.78 bits per heavy atom. The van der Waals surface area contributed by atoms with Gasteiger partial charge in [-0.1, -0.05) is 24.3 Å². The Labute approximate surface area is 136 Å². The van der Waals surface area contributed by atoms with Gasteiger partial charge in [0, 0.05) is 12.0 Å². The zero-order chi connectivity index (χ0) is 15.6. The lowest BCUT2D eigenvalue weighted by atomic mass is 9.95. The number of rotatable bonds is 2. The second-order valence-electron chi connectivity index (χ2n) is 6.14.